The molecule has 21 heavy (non-hydrogen) atoms. The summed E-state index contributed by atoms with van der Waals surface area (Å²) in [5, 5.41) is 0. The van der Waals surface area contributed by atoms with Crippen molar-refractivity contribution >= 4 is 17.9 Å². The Morgan fingerprint density at radius 1 is 1.24 bits per heavy atom. The molecule has 0 radical (unpaired) electrons. The number of ether oxygens (including phenoxy) is 1. The zero-order valence-electron chi connectivity index (χ0n) is 12.3. The number of halogens is 1. The Bertz CT molecular complexity index is 447. The van der Waals surface area contributed by atoms with Gasteiger partial charge >= 0.3 is 6.09 Å². The molecule has 0 N–H and O–H groups in total. The number of amides is 1. The van der Waals surface area contributed by atoms with E-state index < -0.39 is 0 Å². The molecule has 1 saturated heterocycles. The lowest BCUT2D eigenvalue weighted by atomic mass is 10.3. The number of carbonyl (C=O) groups excluding carboxylic acids is 1. The molecule has 1 aromatic carbocycles. The van der Waals surface area contributed by atoms with Crippen molar-refractivity contribution in [3.8, 4) is 0 Å². The number of nitrogens with zero attached hydrogens (tertiary/aromatic N) is 2. The number of piperazine rings is 1. The molecule has 0 unspecified atom stereocenters. The van der Waals surface area contributed by atoms with Crippen LogP contribution in [-0.4, -0.2) is 61.0 Å². The minimum Gasteiger partial charge on any atom is -0.450 e. The first kappa shape index (κ1) is 16.1. The molecule has 0 saturated carbocycles. The number of rotatable bonds is 5. The van der Waals surface area contributed by atoms with Gasteiger partial charge < -0.3 is 9.64 Å². The van der Waals surface area contributed by atoms with Crippen LogP contribution in [0.4, 0.5) is 9.18 Å². The molecular formula is C15H21FN2O2S. The summed E-state index contributed by atoms with van der Waals surface area (Å²) >= 11 is 1.72. The third-order valence-electron chi connectivity index (χ3n) is 3.39. The Morgan fingerprint density at radius 2 is 1.90 bits per heavy atom. The van der Waals surface area contributed by atoms with Gasteiger partial charge in [0.25, 0.3) is 0 Å². The van der Waals surface area contributed by atoms with Gasteiger partial charge in [0.2, 0.25) is 0 Å². The molecule has 1 aromatic rings. The predicted molar refractivity (Wildman–Crippen MR) is 82.2 cm³/mol. The van der Waals surface area contributed by atoms with E-state index in [1.165, 1.54) is 12.1 Å². The van der Waals surface area contributed by atoms with Gasteiger partial charge in [-0.2, -0.15) is 0 Å². The van der Waals surface area contributed by atoms with Gasteiger partial charge in [-0.1, -0.05) is 0 Å². The number of hydrogen-bond donors (Lipinski definition) is 0. The predicted octanol–water partition coefficient (Wildman–Crippen LogP) is 2.69. The topological polar surface area (TPSA) is 32.8 Å². The third-order valence-corrected chi connectivity index (χ3v) is 4.38. The zero-order chi connectivity index (χ0) is 15.1. The van der Waals surface area contributed by atoms with E-state index in [0.717, 1.165) is 43.4 Å². The molecule has 1 aliphatic rings. The standard InChI is InChI=1S/C15H21FN2O2S/c1-2-20-15(19)18-9-7-17(8-10-18)11-12-21-14-5-3-13(16)4-6-14/h3-6H,2,7-12H2,1H3. The van der Waals surface area contributed by atoms with E-state index in [9.17, 15) is 9.18 Å². The molecule has 1 fully saturated rings. The summed E-state index contributed by atoms with van der Waals surface area (Å²) in [7, 11) is 0. The maximum atomic E-state index is 12.8. The largest absolute Gasteiger partial charge is 0.450 e. The number of benzene rings is 1. The Morgan fingerprint density at radius 3 is 2.52 bits per heavy atom. The van der Waals surface area contributed by atoms with E-state index in [2.05, 4.69) is 4.90 Å². The molecule has 1 amide bonds. The highest BCUT2D eigenvalue weighted by Crippen LogP contribution is 2.18. The number of hydrogen-bond acceptors (Lipinski definition) is 4. The van der Waals surface area contributed by atoms with E-state index in [4.69, 9.17) is 4.74 Å². The van der Waals surface area contributed by atoms with Crippen LogP contribution in [0.25, 0.3) is 0 Å². The monoisotopic (exact) mass is 312 g/mol. The highest BCUT2D eigenvalue weighted by atomic mass is 32.2. The molecular weight excluding hydrogens is 291 g/mol. The van der Waals surface area contributed by atoms with Crippen LogP contribution in [0.1, 0.15) is 6.92 Å². The van der Waals surface area contributed by atoms with Gasteiger partial charge in [-0.15, -0.1) is 11.8 Å². The van der Waals surface area contributed by atoms with Gasteiger partial charge in [-0.05, 0) is 31.2 Å². The highest BCUT2D eigenvalue weighted by molar-refractivity contribution is 7.99. The fraction of sp³-hybridized carbons (Fsp3) is 0.533. The number of thioether (sulfide) groups is 1. The number of carbonyl (C=O) groups is 1. The summed E-state index contributed by atoms with van der Waals surface area (Å²) in [4.78, 5) is 16.8. The molecule has 6 heteroatoms. The van der Waals surface area contributed by atoms with Crippen LogP contribution < -0.4 is 0 Å². The summed E-state index contributed by atoms with van der Waals surface area (Å²) in [6.07, 6.45) is -0.210. The first-order valence-corrected chi connectivity index (χ1v) is 8.20. The lowest BCUT2D eigenvalue weighted by molar-refractivity contribution is 0.0813. The second kappa shape index (κ2) is 8.24. The van der Waals surface area contributed by atoms with Crippen LogP contribution in [0.2, 0.25) is 0 Å². The van der Waals surface area contributed by atoms with Gasteiger partial charge in [-0.3, -0.25) is 4.90 Å². The fourth-order valence-corrected chi connectivity index (χ4v) is 3.11. The molecule has 116 valence electrons. The average molecular weight is 312 g/mol. The second-order valence-corrected chi connectivity index (χ2v) is 6.00. The Hall–Kier alpha value is -1.27. The first-order chi connectivity index (χ1) is 10.2. The lowest BCUT2D eigenvalue weighted by Crippen LogP contribution is -2.49. The first-order valence-electron chi connectivity index (χ1n) is 7.21. The van der Waals surface area contributed by atoms with Crippen molar-refractivity contribution in [2.45, 2.75) is 11.8 Å². The maximum absolute atomic E-state index is 12.8. The molecule has 2 rings (SSSR count). The second-order valence-electron chi connectivity index (χ2n) is 4.83. The van der Waals surface area contributed by atoms with Gasteiger partial charge in [0.1, 0.15) is 5.82 Å². The van der Waals surface area contributed by atoms with E-state index in [-0.39, 0.29) is 11.9 Å². The maximum Gasteiger partial charge on any atom is 0.409 e. The summed E-state index contributed by atoms with van der Waals surface area (Å²) in [5.41, 5.74) is 0. The third kappa shape index (κ3) is 5.21. The SMILES string of the molecule is CCOC(=O)N1CCN(CCSc2ccc(F)cc2)CC1. The van der Waals surface area contributed by atoms with Crippen LogP contribution in [0.3, 0.4) is 0 Å². The normalized spacial score (nSPS) is 16.0. The van der Waals surface area contributed by atoms with Crippen molar-refractivity contribution in [2.24, 2.45) is 0 Å². The Balaban J connectivity index is 1.65. The Kier molecular flexibility index (Phi) is 6.32. The van der Waals surface area contributed by atoms with Crippen molar-refractivity contribution in [1.82, 2.24) is 9.80 Å². The van der Waals surface area contributed by atoms with Gasteiger partial charge in [-0.25, -0.2) is 9.18 Å². The van der Waals surface area contributed by atoms with Crippen LogP contribution in [0.5, 0.6) is 0 Å². The molecule has 0 aliphatic carbocycles. The van der Waals surface area contributed by atoms with E-state index in [0.29, 0.717) is 6.61 Å². The van der Waals surface area contributed by atoms with Gasteiger partial charge in [0.05, 0.1) is 6.61 Å². The molecule has 1 aliphatic heterocycles. The molecule has 0 atom stereocenters. The van der Waals surface area contributed by atoms with E-state index in [1.54, 1.807) is 28.8 Å². The zero-order valence-corrected chi connectivity index (χ0v) is 13.1. The molecule has 1 heterocycles. The highest BCUT2D eigenvalue weighted by Gasteiger charge is 2.21. The summed E-state index contributed by atoms with van der Waals surface area (Å²) in [6, 6.07) is 6.58. The van der Waals surface area contributed by atoms with E-state index >= 15 is 0 Å². The molecule has 0 spiro atoms. The van der Waals surface area contributed by atoms with Gasteiger partial charge in [0, 0.05) is 43.4 Å². The van der Waals surface area contributed by atoms with Crippen molar-refractivity contribution in [3.63, 3.8) is 0 Å². The fourth-order valence-electron chi connectivity index (χ4n) is 2.19. The smallest absolute Gasteiger partial charge is 0.409 e. The molecule has 0 aromatic heterocycles. The molecule has 4 nitrogen and oxygen atoms in total. The van der Waals surface area contributed by atoms with Crippen LogP contribution in [0, 0.1) is 5.82 Å². The van der Waals surface area contributed by atoms with Crippen molar-refractivity contribution in [1.29, 1.82) is 0 Å². The Labute approximate surface area is 129 Å². The minimum absolute atomic E-state index is 0.200. The van der Waals surface area contributed by atoms with Gasteiger partial charge in [0.15, 0.2) is 0 Å². The van der Waals surface area contributed by atoms with Crippen molar-refractivity contribution in [3.05, 3.63) is 30.1 Å². The van der Waals surface area contributed by atoms with Crippen molar-refractivity contribution < 1.29 is 13.9 Å². The average Bonchev–Trinajstić information content (AvgIpc) is 2.50. The molecule has 0 bridgehead atoms. The minimum atomic E-state index is -0.210. The lowest BCUT2D eigenvalue weighted by Gasteiger charge is -2.33. The van der Waals surface area contributed by atoms with Crippen LogP contribution in [0.15, 0.2) is 29.2 Å². The van der Waals surface area contributed by atoms with Crippen molar-refractivity contribution in [2.75, 3.05) is 45.1 Å². The summed E-state index contributed by atoms with van der Waals surface area (Å²) in [5.74, 6) is 0.764. The van der Waals surface area contributed by atoms with Crippen LogP contribution in [-0.2, 0) is 4.74 Å². The quantitative estimate of drug-likeness (QED) is 0.783. The van der Waals surface area contributed by atoms with E-state index in [1.807, 2.05) is 6.92 Å². The summed E-state index contributed by atoms with van der Waals surface area (Å²) < 4.78 is 17.8. The van der Waals surface area contributed by atoms with Crippen LogP contribution >= 0.6 is 11.8 Å². The summed E-state index contributed by atoms with van der Waals surface area (Å²) in [6.45, 7) is 6.42.